The molecular formula is C16H18N6O2. The van der Waals surface area contributed by atoms with Gasteiger partial charge in [0.15, 0.2) is 0 Å². The third-order valence-corrected chi connectivity index (χ3v) is 3.21. The number of hydrogen-bond acceptors (Lipinski definition) is 5. The average Bonchev–Trinajstić information content (AvgIpc) is 3.03. The molecule has 124 valence electrons. The maximum absolute atomic E-state index is 12.2. The monoisotopic (exact) mass is 326 g/mol. The van der Waals surface area contributed by atoms with Gasteiger partial charge in [-0.05, 0) is 17.3 Å². The molecule has 0 fully saturated rings. The van der Waals surface area contributed by atoms with E-state index >= 15 is 0 Å². The van der Waals surface area contributed by atoms with Crippen molar-refractivity contribution in [3.05, 3.63) is 55.1 Å². The molecule has 8 heteroatoms. The zero-order chi connectivity index (χ0) is 17.5. The molecule has 8 nitrogen and oxygen atoms in total. The Bertz CT molecular complexity index is 740. The normalized spacial score (nSPS) is 10.2. The quantitative estimate of drug-likeness (QED) is 0.716. The van der Waals surface area contributed by atoms with Gasteiger partial charge in [0, 0.05) is 24.2 Å². The van der Waals surface area contributed by atoms with Crippen LogP contribution in [-0.4, -0.2) is 50.0 Å². The standard InChI is InChI=1S/C16H18N6O2/c1-3-9-21(10-4-2)14(23)11-22-19-16(18-20-22)13-7-5-12(6-8-13)15(17)24/h3-8H,1-2,9-11H2,(H2,17,24). The molecule has 0 saturated carbocycles. The van der Waals surface area contributed by atoms with Crippen molar-refractivity contribution in [1.82, 2.24) is 25.1 Å². The van der Waals surface area contributed by atoms with E-state index in [1.807, 2.05) is 0 Å². The molecule has 0 atom stereocenters. The molecule has 1 aromatic heterocycles. The van der Waals surface area contributed by atoms with E-state index in [1.54, 1.807) is 41.3 Å². The minimum absolute atomic E-state index is 0.0337. The Kier molecular flexibility index (Phi) is 5.56. The van der Waals surface area contributed by atoms with Crippen LogP contribution in [0.2, 0.25) is 0 Å². The number of rotatable bonds is 8. The van der Waals surface area contributed by atoms with Crippen LogP contribution >= 0.6 is 0 Å². The minimum atomic E-state index is -0.506. The number of primary amides is 1. The molecule has 24 heavy (non-hydrogen) atoms. The third-order valence-electron chi connectivity index (χ3n) is 3.21. The molecule has 2 N–H and O–H groups in total. The van der Waals surface area contributed by atoms with Crippen LogP contribution < -0.4 is 5.73 Å². The van der Waals surface area contributed by atoms with Gasteiger partial charge in [-0.15, -0.1) is 23.4 Å². The van der Waals surface area contributed by atoms with Crippen molar-refractivity contribution in [3.8, 4) is 11.4 Å². The SMILES string of the molecule is C=CCN(CC=C)C(=O)Cn1nnc(-c2ccc(C(N)=O)cc2)n1. The second-order valence-corrected chi connectivity index (χ2v) is 4.96. The first kappa shape index (κ1) is 17.1. The van der Waals surface area contributed by atoms with Gasteiger partial charge in [-0.1, -0.05) is 24.3 Å². The fourth-order valence-corrected chi connectivity index (χ4v) is 2.02. The second kappa shape index (κ2) is 7.82. The van der Waals surface area contributed by atoms with Crippen molar-refractivity contribution in [1.29, 1.82) is 0 Å². The topological polar surface area (TPSA) is 107 Å². The largest absolute Gasteiger partial charge is 0.366 e. The highest BCUT2D eigenvalue weighted by molar-refractivity contribution is 5.93. The zero-order valence-electron chi connectivity index (χ0n) is 13.1. The van der Waals surface area contributed by atoms with Gasteiger partial charge < -0.3 is 10.6 Å². The predicted octanol–water partition coefficient (Wildman–Crippen LogP) is 0.640. The van der Waals surface area contributed by atoms with Crippen LogP contribution in [0.25, 0.3) is 11.4 Å². The van der Waals surface area contributed by atoms with Crippen LogP contribution in [-0.2, 0) is 11.3 Å². The van der Waals surface area contributed by atoms with Crippen molar-refractivity contribution >= 4 is 11.8 Å². The first-order valence-electron chi connectivity index (χ1n) is 7.22. The van der Waals surface area contributed by atoms with E-state index in [-0.39, 0.29) is 12.5 Å². The van der Waals surface area contributed by atoms with E-state index < -0.39 is 5.91 Å². The van der Waals surface area contributed by atoms with Gasteiger partial charge in [0.25, 0.3) is 0 Å². The van der Waals surface area contributed by atoms with Crippen LogP contribution in [0.5, 0.6) is 0 Å². The summed E-state index contributed by atoms with van der Waals surface area (Å²) in [5.41, 5.74) is 6.26. The van der Waals surface area contributed by atoms with Crippen LogP contribution in [0.4, 0.5) is 0 Å². The molecule has 1 aromatic carbocycles. The number of nitrogens with zero attached hydrogens (tertiary/aromatic N) is 5. The van der Waals surface area contributed by atoms with Gasteiger partial charge in [-0.25, -0.2) is 0 Å². The summed E-state index contributed by atoms with van der Waals surface area (Å²) in [5.74, 6) is -0.311. The summed E-state index contributed by atoms with van der Waals surface area (Å²) >= 11 is 0. The van der Waals surface area contributed by atoms with E-state index in [9.17, 15) is 9.59 Å². The maximum Gasteiger partial charge on any atom is 0.248 e. The molecule has 0 bridgehead atoms. The molecule has 0 aliphatic rings. The molecule has 2 aromatic rings. The van der Waals surface area contributed by atoms with E-state index in [1.165, 1.54) is 4.80 Å². The van der Waals surface area contributed by atoms with Crippen molar-refractivity contribution in [2.24, 2.45) is 5.73 Å². The summed E-state index contributed by atoms with van der Waals surface area (Å²) < 4.78 is 0. The highest BCUT2D eigenvalue weighted by Gasteiger charge is 2.14. The van der Waals surface area contributed by atoms with Gasteiger partial charge in [0.1, 0.15) is 6.54 Å². The summed E-state index contributed by atoms with van der Waals surface area (Å²) in [4.78, 5) is 26.1. The predicted molar refractivity (Wildman–Crippen MR) is 88.7 cm³/mol. The first-order chi connectivity index (χ1) is 11.5. The molecular weight excluding hydrogens is 308 g/mol. The Labute approximate surface area is 139 Å². The van der Waals surface area contributed by atoms with Gasteiger partial charge in [0.05, 0.1) is 0 Å². The van der Waals surface area contributed by atoms with Crippen molar-refractivity contribution in [2.75, 3.05) is 13.1 Å². The smallest absolute Gasteiger partial charge is 0.248 e. The molecule has 1 heterocycles. The average molecular weight is 326 g/mol. The number of hydrogen-bond donors (Lipinski definition) is 1. The van der Waals surface area contributed by atoms with Gasteiger partial charge in [0.2, 0.25) is 17.6 Å². The van der Waals surface area contributed by atoms with Gasteiger partial charge in [-0.3, -0.25) is 9.59 Å². The number of tetrazole rings is 1. The summed E-state index contributed by atoms with van der Waals surface area (Å²) in [5, 5.41) is 12.0. The Hall–Kier alpha value is -3.29. The third kappa shape index (κ3) is 4.13. The highest BCUT2D eigenvalue weighted by atomic mass is 16.2. The molecule has 0 radical (unpaired) electrons. The molecule has 0 unspecified atom stereocenters. The number of carbonyl (C=O) groups is 2. The van der Waals surface area contributed by atoms with Gasteiger partial charge >= 0.3 is 0 Å². The van der Waals surface area contributed by atoms with Crippen LogP contribution in [0.15, 0.2) is 49.6 Å². The minimum Gasteiger partial charge on any atom is -0.366 e. The fourth-order valence-electron chi connectivity index (χ4n) is 2.02. The maximum atomic E-state index is 12.2. The number of amides is 2. The summed E-state index contributed by atoms with van der Waals surface area (Å²) in [7, 11) is 0. The Morgan fingerprint density at radius 1 is 1.17 bits per heavy atom. The zero-order valence-corrected chi connectivity index (χ0v) is 13.1. The number of benzene rings is 1. The van der Waals surface area contributed by atoms with E-state index in [4.69, 9.17) is 5.73 Å². The van der Waals surface area contributed by atoms with Crippen molar-refractivity contribution < 1.29 is 9.59 Å². The molecule has 0 saturated heterocycles. The lowest BCUT2D eigenvalue weighted by molar-refractivity contribution is -0.131. The lowest BCUT2D eigenvalue weighted by Crippen LogP contribution is -2.34. The molecule has 0 spiro atoms. The number of carbonyl (C=O) groups excluding carboxylic acids is 2. The Morgan fingerprint density at radius 3 is 2.33 bits per heavy atom. The lowest BCUT2D eigenvalue weighted by atomic mass is 10.1. The molecule has 2 rings (SSSR count). The summed E-state index contributed by atoms with van der Waals surface area (Å²) in [6.07, 6.45) is 3.28. The Morgan fingerprint density at radius 2 is 1.79 bits per heavy atom. The molecule has 2 amide bonds. The fraction of sp³-hybridized carbons (Fsp3) is 0.188. The highest BCUT2D eigenvalue weighted by Crippen LogP contribution is 2.14. The lowest BCUT2D eigenvalue weighted by Gasteiger charge is -2.18. The Balaban J connectivity index is 2.09. The van der Waals surface area contributed by atoms with E-state index in [0.29, 0.717) is 30.0 Å². The van der Waals surface area contributed by atoms with Crippen LogP contribution in [0.3, 0.4) is 0 Å². The molecule has 0 aliphatic carbocycles. The second-order valence-electron chi connectivity index (χ2n) is 4.96. The van der Waals surface area contributed by atoms with Crippen molar-refractivity contribution in [3.63, 3.8) is 0 Å². The molecule has 0 aliphatic heterocycles. The van der Waals surface area contributed by atoms with E-state index in [2.05, 4.69) is 28.6 Å². The first-order valence-corrected chi connectivity index (χ1v) is 7.22. The summed E-state index contributed by atoms with van der Waals surface area (Å²) in [6, 6.07) is 6.51. The number of nitrogens with two attached hydrogens (primary N) is 1. The summed E-state index contributed by atoms with van der Waals surface area (Å²) in [6.45, 7) is 8.05. The van der Waals surface area contributed by atoms with Crippen LogP contribution in [0, 0.1) is 0 Å². The van der Waals surface area contributed by atoms with E-state index in [0.717, 1.165) is 0 Å². The van der Waals surface area contributed by atoms with Crippen LogP contribution in [0.1, 0.15) is 10.4 Å². The number of aromatic nitrogens is 4. The van der Waals surface area contributed by atoms with Crippen molar-refractivity contribution in [2.45, 2.75) is 6.54 Å². The van der Waals surface area contributed by atoms with Gasteiger partial charge in [-0.2, -0.15) is 4.80 Å².